The fraction of sp³-hybridized carbons (Fsp3) is 0.458. The number of benzene rings is 2. The van der Waals surface area contributed by atoms with Crippen LogP contribution in [0.3, 0.4) is 0 Å². The molecular formula is C24H32N2O4. The van der Waals surface area contributed by atoms with Crippen LogP contribution in [-0.4, -0.2) is 53.7 Å². The van der Waals surface area contributed by atoms with Gasteiger partial charge in [0.15, 0.2) is 0 Å². The molecule has 0 N–H and O–H groups in total. The highest BCUT2D eigenvalue weighted by Crippen LogP contribution is 2.41. The third kappa shape index (κ3) is 5.18. The molecule has 2 aromatic carbocycles. The van der Waals surface area contributed by atoms with E-state index in [1.807, 2.05) is 18.2 Å². The number of para-hydroxylation sites is 1. The van der Waals surface area contributed by atoms with Gasteiger partial charge in [-0.2, -0.15) is 0 Å². The van der Waals surface area contributed by atoms with Gasteiger partial charge in [-0.15, -0.1) is 0 Å². The molecule has 1 saturated heterocycles. The van der Waals surface area contributed by atoms with Crippen LogP contribution >= 0.6 is 0 Å². The molecular weight excluding hydrogens is 380 g/mol. The minimum absolute atomic E-state index is 0.471. The van der Waals surface area contributed by atoms with Gasteiger partial charge in [-0.3, -0.25) is 0 Å². The van der Waals surface area contributed by atoms with Gasteiger partial charge in [-0.25, -0.2) is 0 Å². The predicted molar refractivity (Wildman–Crippen MR) is 120 cm³/mol. The molecule has 1 aliphatic rings. The number of hydrogen-bond acceptors (Lipinski definition) is 6. The van der Waals surface area contributed by atoms with Gasteiger partial charge >= 0.3 is 0 Å². The van der Waals surface area contributed by atoms with E-state index in [1.54, 1.807) is 14.2 Å². The lowest BCUT2D eigenvalue weighted by atomic mass is 10.0. The molecule has 6 heteroatoms. The Hall–Kier alpha value is -2.44. The molecule has 0 aromatic heterocycles. The average Bonchev–Trinajstić information content (AvgIpc) is 3.17. The number of anilines is 2. The zero-order valence-electron chi connectivity index (χ0n) is 18.7. The molecule has 0 atom stereocenters. The van der Waals surface area contributed by atoms with E-state index in [4.69, 9.17) is 18.9 Å². The van der Waals surface area contributed by atoms with Crippen molar-refractivity contribution in [1.82, 2.24) is 0 Å². The third-order valence-corrected chi connectivity index (χ3v) is 5.02. The highest BCUT2D eigenvalue weighted by atomic mass is 16.5. The van der Waals surface area contributed by atoms with Crippen molar-refractivity contribution in [2.75, 3.05) is 63.5 Å². The van der Waals surface area contributed by atoms with E-state index >= 15 is 0 Å². The lowest BCUT2D eigenvalue weighted by molar-refractivity contribution is 0.143. The van der Waals surface area contributed by atoms with Crippen LogP contribution in [0.25, 0.3) is 0 Å². The summed E-state index contributed by atoms with van der Waals surface area (Å²) in [6, 6.07) is 10.3. The van der Waals surface area contributed by atoms with Crippen molar-refractivity contribution in [3.05, 3.63) is 53.7 Å². The van der Waals surface area contributed by atoms with E-state index < -0.39 is 0 Å². The number of rotatable bonds is 10. The zero-order valence-corrected chi connectivity index (χ0v) is 18.7. The van der Waals surface area contributed by atoms with Crippen molar-refractivity contribution in [3.63, 3.8) is 0 Å². The summed E-state index contributed by atoms with van der Waals surface area (Å²) in [5, 5.41) is 0. The van der Waals surface area contributed by atoms with E-state index in [0.717, 1.165) is 30.3 Å². The standard InChI is InChI=1S/C24H32N2O4/c1-18-15-19(2)23(20(3)16-18)25-9-10-26(17-25)24-21(29-13-11-27-4)7-6-8-22(24)30-14-12-28-5/h6-8,15-16H,9-14H2,1-5H3. The van der Waals surface area contributed by atoms with Gasteiger partial charge in [0.25, 0.3) is 0 Å². The molecule has 6 nitrogen and oxygen atoms in total. The van der Waals surface area contributed by atoms with Gasteiger partial charge in [0.05, 0.1) is 13.2 Å². The van der Waals surface area contributed by atoms with E-state index in [-0.39, 0.29) is 0 Å². The molecule has 1 fully saturated rings. The van der Waals surface area contributed by atoms with Crippen molar-refractivity contribution in [2.24, 2.45) is 0 Å². The second kappa shape index (κ2) is 10.5. The van der Waals surface area contributed by atoms with Crippen molar-refractivity contribution < 1.29 is 18.9 Å². The fourth-order valence-electron chi connectivity index (χ4n) is 3.84. The maximum atomic E-state index is 6.00. The maximum absolute atomic E-state index is 6.00. The van der Waals surface area contributed by atoms with Gasteiger partial charge in [0, 0.05) is 33.0 Å². The van der Waals surface area contributed by atoms with Crippen LogP contribution in [0.4, 0.5) is 11.4 Å². The van der Waals surface area contributed by atoms with Crippen LogP contribution in [0.15, 0.2) is 30.3 Å². The number of ether oxygens (including phenoxy) is 4. The summed E-state index contributed by atoms with van der Waals surface area (Å²) in [7, 11) is 3.33. The highest BCUT2D eigenvalue weighted by molar-refractivity contribution is 5.72. The molecule has 2 radical (unpaired) electrons. The van der Waals surface area contributed by atoms with Crippen LogP contribution in [-0.2, 0) is 9.47 Å². The first-order chi connectivity index (χ1) is 14.5. The predicted octanol–water partition coefficient (Wildman–Crippen LogP) is 3.99. The van der Waals surface area contributed by atoms with E-state index in [1.165, 1.54) is 22.4 Å². The minimum Gasteiger partial charge on any atom is -0.489 e. The molecule has 0 aliphatic carbocycles. The van der Waals surface area contributed by atoms with Crippen molar-refractivity contribution >= 4 is 11.4 Å². The molecule has 0 saturated carbocycles. The van der Waals surface area contributed by atoms with Crippen molar-refractivity contribution in [1.29, 1.82) is 0 Å². The van der Waals surface area contributed by atoms with Crippen LogP contribution in [0.2, 0.25) is 0 Å². The van der Waals surface area contributed by atoms with E-state index in [0.29, 0.717) is 26.4 Å². The Morgan fingerprint density at radius 3 is 1.77 bits per heavy atom. The summed E-state index contributed by atoms with van der Waals surface area (Å²) in [6.45, 7) is 13.6. The SMILES string of the molecule is COCCOc1cccc(OCCOC)c1N1[C]N(c2c(C)cc(C)cc2C)CC1. The number of hydrogen-bond donors (Lipinski definition) is 0. The average molecular weight is 413 g/mol. The fourth-order valence-corrected chi connectivity index (χ4v) is 3.84. The Labute approximate surface area is 180 Å². The Morgan fingerprint density at radius 2 is 1.27 bits per heavy atom. The number of methoxy groups -OCH3 is 2. The van der Waals surface area contributed by atoms with E-state index in [9.17, 15) is 0 Å². The molecule has 0 spiro atoms. The Balaban J connectivity index is 1.86. The monoisotopic (exact) mass is 412 g/mol. The lowest BCUT2D eigenvalue weighted by Crippen LogP contribution is -2.21. The first-order valence-electron chi connectivity index (χ1n) is 10.3. The summed E-state index contributed by atoms with van der Waals surface area (Å²) in [6.07, 6.45) is 0. The topological polar surface area (TPSA) is 43.4 Å². The Morgan fingerprint density at radius 1 is 0.767 bits per heavy atom. The highest BCUT2D eigenvalue weighted by Gasteiger charge is 2.29. The van der Waals surface area contributed by atoms with Crippen molar-refractivity contribution in [2.45, 2.75) is 20.8 Å². The molecule has 1 heterocycles. The molecule has 2 aromatic rings. The molecule has 3 rings (SSSR count). The third-order valence-electron chi connectivity index (χ3n) is 5.02. The molecule has 30 heavy (non-hydrogen) atoms. The van der Waals surface area contributed by atoms with Crippen LogP contribution < -0.4 is 19.3 Å². The summed E-state index contributed by atoms with van der Waals surface area (Å²) in [5.74, 6) is 1.52. The number of aryl methyl sites for hydroxylation is 3. The summed E-state index contributed by atoms with van der Waals surface area (Å²) in [4.78, 5) is 4.28. The second-order valence-corrected chi connectivity index (χ2v) is 7.44. The summed E-state index contributed by atoms with van der Waals surface area (Å²) >= 11 is 0. The molecule has 1 aliphatic heterocycles. The van der Waals surface area contributed by atoms with Crippen LogP contribution in [0.5, 0.6) is 11.5 Å². The molecule has 162 valence electrons. The van der Waals surface area contributed by atoms with Gasteiger partial charge < -0.3 is 28.7 Å². The van der Waals surface area contributed by atoms with Gasteiger partial charge in [-0.05, 0) is 44.0 Å². The molecule has 0 amide bonds. The Bertz CT molecular complexity index is 789. The van der Waals surface area contributed by atoms with Gasteiger partial charge in [0.2, 0.25) is 6.67 Å². The quantitative estimate of drug-likeness (QED) is 0.550. The smallest absolute Gasteiger partial charge is 0.209 e. The number of nitrogens with zero attached hydrogens (tertiary/aromatic N) is 2. The van der Waals surface area contributed by atoms with E-state index in [2.05, 4.69) is 49.4 Å². The van der Waals surface area contributed by atoms with Gasteiger partial charge in [-0.1, -0.05) is 23.8 Å². The second-order valence-electron chi connectivity index (χ2n) is 7.44. The normalized spacial score (nSPS) is 13.8. The molecule has 0 bridgehead atoms. The van der Waals surface area contributed by atoms with Gasteiger partial charge in [0.1, 0.15) is 30.4 Å². The first kappa shape index (κ1) is 22.2. The summed E-state index contributed by atoms with van der Waals surface area (Å²) in [5.41, 5.74) is 5.87. The van der Waals surface area contributed by atoms with Crippen molar-refractivity contribution in [3.8, 4) is 11.5 Å². The minimum atomic E-state index is 0.471. The van der Waals surface area contributed by atoms with Crippen LogP contribution in [0.1, 0.15) is 16.7 Å². The maximum Gasteiger partial charge on any atom is 0.209 e. The lowest BCUT2D eigenvalue weighted by Gasteiger charge is -2.25. The zero-order chi connectivity index (χ0) is 21.5. The van der Waals surface area contributed by atoms with Crippen LogP contribution in [0, 0.1) is 27.4 Å². The first-order valence-corrected chi connectivity index (χ1v) is 10.3. The Kier molecular flexibility index (Phi) is 7.82. The molecule has 0 unspecified atom stereocenters. The largest absolute Gasteiger partial charge is 0.489 e. The summed E-state index contributed by atoms with van der Waals surface area (Å²) < 4.78 is 22.3.